The van der Waals surface area contributed by atoms with Crippen LogP contribution in [-0.2, 0) is 0 Å². The van der Waals surface area contributed by atoms with Crippen LogP contribution in [0.5, 0.6) is 23.0 Å². The molecule has 1 N–H and O–H groups in total. The second kappa shape index (κ2) is 12.5. The normalized spacial score (nSPS) is 11.7. The van der Waals surface area contributed by atoms with Crippen LogP contribution in [0.2, 0.25) is 0 Å². The van der Waals surface area contributed by atoms with Crippen molar-refractivity contribution in [2.24, 2.45) is 4.99 Å². The van der Waals surface area contributed by atoms with Gasteiger partial charge in [-0.25, -0.2) is 14.7 Å². The molecule has 0 unspecified atom stereocenters. The van der Waals surface area contributed by atoms with Gasteiger partial charge in [-0.2, -0.15) is 5.10 Å². The smallest absolute Gasteiger partial charge is 0.281 e. The first-order chi connectivity index (χ1) is 19.4. The summed E-state index contributed by atoms with van der Waals surface area (Å²) in [5.41, 5.74) is 1.39. The van der Waals surface area contributed by atoms with Crippen molar-refractivity contribution in [3.8, 4) is 28.8 Å². The van der Waals surface area contributed by atoms with Crippen molar-refractivity contribution in [3.05, 3.63) is 78.1 Å². The number of allylic oxidation sites excluding steroid dienone is 3. The van der Waals surface area contributed by atoms with Gasteiger partial charge >= 0.3 is 0 Å². The van der Waals surface area contributed by atoms with E-state index in [2.05, 4.69) is 37.1 Å². The first-order valence-electron chi connectivity index (χ1n) is 12.2. The van der Waals surface area contributed by atoms with E-state index in [1.54, 1.807) is 83.2 Å². The molecule has 0 radical (unpaired) electrons. The summed E-state index contributed by atoms with van der Waals surface area (Å²) in [4.78, 5) is 29.9. The van der Waals surface area contributed by atoms with Crippen molar-refractivity contribution in [2.45, 2.75) is 20.8 Å². The zero-order valence-corrected chi connectivity index (χ0v) is 22.8. The first-order valence-corrected chi connectivity index (χ1v) is 12.2. The number of rotatable bonds is 11. The van der Waals surface area contributed by atoms with Gasteiger partial charge < -0.3 is 24.3 Å². The molecule has 0 saturated carbocycles. The number of benzene rings is 1. The zero-order valence-electron chi connectivity index (χ0n) is 22.8. The molecule has 3 heterocycles. The van der Waals surface area contributed by atoms with Crippen LogP contribution >= 0.6 is 0 Å². The number of aryl methyl sites for hydroxylation is 1. The van der Waals surface area contributed by atoms with Crippen molar-refractivity contribution in [1.82, 2.24) is 30.0 Å². The van der Waals surface area contributed by atoms with Gasteiger partial charge in [0.1, 0.15) is 17.3 Å². The van der Waals surface area contributed by atoms with Crippen LogP contribution in [0.15, 0.2) is 71.7 Å². The van der Waals surface area contributed by atoms with E-state index in [1.807, 2.05) is 6.92 Å². The summed E-state index contributed by atoms with van der Waals surface area (Å²) in [5.74, 6) is 2.64. The Balaban J connectivity index is 1.55. The lowest BCUT2D eigenvalue weighted by molar-refractivity contribution is 0.0956. The number of nitrogens with zero attached hydrogens (tertiary/aromatic N) is 6. The van der Waals surface area contributed by atoms with Crippen molar-refractivity contribution < 1.29 is 23.7 Å². The van der Waals surface area contributed by atoms with Crippen LogP contribution in [0.25, 0.3) is 16.7 Å². The summed E-state index contributed by atoms with van der Waals surface area (Å²) >= 11 is 0. The predicted molar refractivity (Wildman–Crippen MR) is 149 cm³/mol. The molecule has 0 spiro atoms. The van der Waals surface area contributed by atoms with Gasteiger partial charge in [0, 0.05) is 30.0 Å². The molecule has 0 aliphatic heterocycles. The van der Waals surface area contributed by atoms with E-state index < -0.39 is 5.91 Å². The fourth-order valence-corrected chi connectivity index (χ4v) is 3.76. The van der Waals surface area contributed by atoms with E-state index in [-0.39, 0.29) is 11.5 Å². The molecule has 0 aliphatic carbocycles. The fourth-order valence-electron chi connectivity index (χ4n) is 3.76. The molecule has 4 rings (SSSR count). The maximum absolute atomic E-state index is 13.1. The van der Waals surface area contributed by atoms with Crippen molar-refractivity contribution in [1.29, 1.82) is 0 Å². The minimum atomic E-state index is -0.532. The maximum Gasteiger partial charge on any atom is 0.281 e. The van der Waals surface area contributed by atoms with Crippen molar-refractivity contribution >= 4 is 23.5 Å². The van der Waals surface area contributed by atoms with Gasteiger partial charge in [-0.1, -0.05) is 0 Å². The van der Waals surface area contributed by atoms with Gasteiger partial charge in [0.25, 0.3) is 5.91 Å². The largest absolute Gasteiger partial charge is 0.493 e. The Morgan fingerprint density at radius 3 is 2.50 bits per heavy atom. The lowest BCUT2D eigenvalue weighted by atomic mass is 10.2. The zero-order chi connectivity index (χ0) is 28.6. The molecule has 40 heavy (non-hydrogen) atoms. The monoisotopic (exact) mass is 543 g/mol. The number of ether oxygens (including phenoxy) is 4. The molecular weight excluding hydrogens is 514 g/mol. The lowest BCUT2D eigenvalue weighted by Gasteiger charge is -2.12. The van der Waals surface area contributed by atoms with Crippen molar-refractivity contribution in [2.75, 3.05) is 20.8 Å². The minimum absolute atomic E-state index is 0.0611. The number of carbonyl (C=O) groups is 1. The highest BCUT2D eigenvalue weighted by molar-refractivity contribution is 5.96. The number of hydrogen-bond donors (Lipinski definition) is 1. The highest BCUT2D eigenvalue weighted by Gasteiger charge is 2.21. The highest BCUT2D eigenvalue weighted by Crippen LogP contribution is 2.35. The van der Waals surface area contributed by atoms with Gasteiger partial charge in [-0.3, -0.25) is 14.8 Å². The third-order valence-electron chi connectivity index (χ3n) is 5.63. The van der Waals surface area contributed by atoms with Gasteiger partial charge in [0.15, 0.2) is 28.8 Å². The molecule has 0 atom stereocenters. The minimum Gasteiger partial charge on any atom is -0.493 e. The molecule has 3 aromatic heterocycles. The number of pyridine rings is 1. The van der Waals surface area contributed by atoms with E-state index in [0.29, 0.717) is 52.4 Å². The summed E-state index contributed by atoms with van der Waals surface area (Å²) in [6, 6.07) is 5.32. The number of nitrogens with one attached hydrogen (secondary N) is 1. The Hall–Kier alpha value is -5.26. The molecule has 0 fully saturated rings. The number of fused-ring (bicyclic) bond motifs is 1. The summed E-state index contributed by atoms with van der Waals surface area (Å²) in [5, 5.41) is 7.82. The van der Waals surface area contributed by atoms with Crippen LogP contribution in [0.4, 0.5) is 0 Å². The molecule has 12 heteroatoms. The Morgan fingerprint density at radius 1 is 1.05 bits per heavy atom. The van der Waals surface area contributed by atoms with E-state index in [1.165, 1.54) is 4.68 Å². The highest BCUT2D eigenvalue weighted by atomic mass is 16.5. The van der Waals surface area contributed by atoms with Crippen LogP contribution in [0.1, 0.15) is 30.0 Å². The maximum atomic E-state index is 13.1. The number of carbonyl (C=O) groups excluding carboxylic acids is 1. The van der Waals surface area contributed by atoms with E-state index in [9.17, 15) is 4.79 Å². The van der Waals surface area contributed by atoms with E-state index in [0.717, 1.165) is 5.39 Å². The van der Waals surface area contributed by atoms with Crippen LogP contribution in [-0.4, -0.2) is 58.2 Å². The number of hydrogen-bond acceptors (Lipinski definition) is 10. The molecular formula is C28H29N7O5. The average Bonchev–Trinajstić information content (AvgIpc) is 3.38. The second-order valence-corrected chi connectivity index (χ2v) is 8.26. The van der Waals surface area contributed by atoms with E-state index >= 15 is 0 Å². The third kappa shape index (κ3) is 6.07. The van der Waals surface area contributed by atoms with Crippen molar-refractivity contribution in [3.63, 3.8) is 0 Å². The van der Waals surface area contributed by atoms with E-state index in [4.69, 9.17) is 18.9 Å². The molecule has 1 aromatic carbocycles. The Bertz CT molecular complexity index is 1610. The first kappa shape index (κ1) is 27.8. The Morgan fingerprint density at radius 2 is 1.80 bits per heavy atom. The fraction of sp³-hybridized carbons (Fsp3) is 0.214. The molecule has 0 aliphatic rings. The topological polar surface area (TPSA) is 135 Å². The molecule has 206 valence electrons. The van der Waals surface area contributed by atoms with Crippen LogP contribution < -0.4 is 24.3 Å². The molecule has 4 aromatic rings. The SMILES string of the molecule is C=N/C(=C\C=C(/C)Oc1ccnc2cc(OC)c(OC)cc12)NC(=O)c1nn(-c2nccnc2C)cc1OCC. The second-order valence-electron chi connectivity index (χ2n) is 8.26. The predicted octanol–water partition coefficient (Wildman–Crippen LogP) is 4.19. The molecule has 0 saturated heterocycles. The molecule has 0 bridgehead atoms. The Kier molecular flexibility index (Phi) is 8.69. The molecule has 1 amide bonds. The third-order valence-corrected chi connectivity index (χ3v) is 5.63. The number of aliphatic imine (C=N–C) groups is 1. The molecule has 12 nitrogen and oxygen atoms in total. The van der Waals surface area contributed by atoms with Gasteiger partial charge in [0.05, 0.1) is 38.2 Å². The summed E-state index contributed by atoms with van der Waals surface area (Å²) < 4.78 is 23.9. The van der Waals surface area contributed by atoms with Gasteiger partial charge in [-0.15, -0.1) is 0 Å². The average molecular weight is 544 g/mol. The summed E-state index contributed by atoms with van der Waals surface area (Å²) in [6.45, 7) is 9.28. The van der Waals surface area contributed by atoms with Gasteiger partial charge in [0.2, 0.25) is 0 Å². The Labute approximate surface area is 231 Å². The van der Waals surface area contributed by atoms with Crippen LogP contribution in [0.3, 0.4) is 0 Å². The standard InChI is InChI=1S/C28H29N7O5/c1-7-39-24-16-35(27-18(3)30-12-13-32-27)34-26(24)28(36)33-25(29-4)9-8-17(2)40-21-10-11-31-20-15-23(38-6)22(37-5)14-19(20)21/h8-16H,4,7H2,1-3,5-6H3,(H,33,36)/b17-8+,25-9+. The number of amides is 1. The summed E-state index contributed by atoms with van der Waals surface area (Å²) in [6.07, 6.45) is 9.57. The lowest BCUT2D eigenvalue weighted by Crippen LogP contribution is -2.23. The number of methoxy groups -OCH3 is 2. The summed E-state index contributed by atoms with van der Waals surface area (Å²) in [7, 11) is 3.13. The number of aromatic nitrogens is 5. The van der Waals surface area contributed by atoms with Crippen LogP contribution in [0, 0.1) is 6.92 Å². The quantitative estimate of drug-likeness (QED) is 0.168. The van der Waals surface area contributed by atoms with Gasteiger partial charge in [-0.05, 0) is 51.8 Å².